The number of hydrogen-bond donors (Lipinski definition) is 3. The van der Waals surface area contributed by atoms with Gasteiger partial charge in [-0.15, -0.1) is 0 Å². The van der Waals surface area contributed by atoms with Gasteiger partial charge in [-0.05, 0) is 45.6 Å². The SMILES string of the molecule is CCc1ccc(/C=C/C(=O)NNC(=O)c2cc(Br)c[nH]2)cc1. The highest BCUT2D eigenvalue weighted by atomic mass is 79.9. The molecule has 0 aliphatic heterocycles. The topological polar surface area (TPSA) is 74.0 Å². The van der Waals surface area contributed by atoms with Crippen LogP contribution in [0.2, 0.25) is 0 Å². The van der Waals surface area contributed by atoms with Crippen LogP contribution in [-0.4, -0.2) is 16.8 Å². The highest BCUT2D eigenvalue weighted by molar-refractivity contribution is 9.10. The van der Waals surface area contributed by atoms with Crippen molar-refractivity contribution in [1.82, 2.24) is 15.8 Å². The monoisotopic (exact) mass is 361 g/mol. The number of H-pyrrole nitrogens is 1. The molecular formula is C16H16BrN3O2. The molecule has 0 spiro atoms. The molecule has 0 saturated carbocycles. The number of aryl methyl sites for hydroxylation is 1. The van der Waals surface area contributed by atoms with E-state index in [4.69, 9.17) is 0 Å². The van der Waals surface area contributed by atoms with Crippen molar-refractivity contribution in [1.29, 1.82) is 0 Å². The summed E-state index contributed by atoms with van der Waals surface area (Å²) >= 11 is 3.23. The van der Waals surface area contributed by atoms with Crippen molar-refractivity contribution in [2.24, 2.45) is 0 Å². The van der Waals surface area contributed by atoms with Crippen molar-refractivity contribution in [3.8, 4) is 0 Å². The lowest BCUT2D eigenvalue weighted by molar-refractivity contribution is -0.117. The molecule has 6 heteroatoms. The molecule has 2 rings (SSSR count). The maximum atomic E-state index is 11.7. The summed E-state index contributed by atoms with van der Waals surface area (Å²) in [6.07, 6.45) is 5.67. The molecule has 0 atom stereocenters. The molecule has 2 aromatic rings. The molecule has 0 radical (unpaired) electrons. The van der Waals surface area contributed by atoms with Crippen LogP contribution in [0.5, 0.6) is 0 Å². The smallest absolute Gasteiger partial charge is 0.286 e. The van der Waals surface area contributed by atoms with E-state index < -0.39 is 11.8 Å². The molecule has 0 aliphatic rings. The average molecular weight is 362 g/mol. The van der Waals surface area contributed by atoms with Crippen LogP contribution in [0.25, 0.3) is 6.08 Å². The van der Waals surface area contributed by atoms with E-state index in [1.165, 1.54) is 11.6 Å². The molecule has 0 fully saturated rings. The second-order valence-corrected chi connectivity index (χ2v) is 5.52. The van der Waals surface area contributed by atoms with Crippen molar-refractivity contribution in [3.63, 3.8) is 0 Å². The van der Waals surface area contributed by atoms with Crippen LogP contribution in [-0.2, 0) is 11.2 Å². The first-order valence-corrected chi connectivity index (χ1v) is 7.59. The van der Waals surface area contributed by atoms with E-state index in [1.54, 1.807) is 18.3 Å². The fraction of sp³-hybridized carbons (Fsp3) is 0.125. The number of amides is 2. The van der Waals surface area contributed by atoms with E-state index >= 15 is 0 Å². The number of benzene rings is 1. The minimum atomic E-state index is -0.417. The summed E-state index contributed by atoms with van der Waals surface area (Å²) in [4.78, 5) is 26.1. The van der Waals surface area contributed by atoms with Gasteiger partial charge in [0.1, 0.15) is 5.69 Å². The Labute approximate surface area is 136 Å². The average Bonchev–Trinajstić information content (AvgIpc) is 2.97. The molecule has 114 valence electrons. The van der Waals surface area contributed by atoms with Crippen molar-refractivity contribution in [2.75, 3.05) is 0 Å². The van der Waals surface area contributed by atoms with Crippen LogP contribution in [0.1, 0.15) is 28.5 Å². The highest BCUT2D eigenvalue weighted by Crippen LogP contribution is 2.10. The largest absolute Gasteiger partial charge is 0.356 e. The number of carbonyl (C=O) groups is 2. The maximum Gasteiger partial charge on any atom is 0.286 e. The van der Waals surface area contributed by atoms with Crippen LogP contribution in [0.3, 0.4) is 0 Å². The molecule has 3 N–H and O–H groups in total. The van der Waals surface area contributed by atoms with Crippen LogP contribution in [0.15, 0.2) is 47.1 Å². The number of aromatic nitrogens is 1. The number of hydrogen-bond acceptors (Lipinski definition) is 2. The van der Waals surface area contributed by atoms with Gasteiger partial charge in [-0.3, -0.25) is 20.4 Å². The number of rotatable bonds is 4. The van der Waals surface area contributed by atoms with Gasteiger partial charge >= 0.3 is 0 Å². The van der Waals surface area contributed by atoms with Gasteiger partial charge < -0.3 is 4.98 Å². The maximum absolute atomic E-state index is 11.7. The molecule has 22 heavy (non-hydrogen) atoms. The Morgan fingerprint density at radius 1 is 1.23 bits per heavy atom. The normalized spacial score (nSPS) is 10.6. The Kier molecular flexibility index (Phi) is 5.55. The third-order valence-corrected chi connectivity index (χ3v) is 3.46. The molecule has 1 heterocycles. The van der Waals surface area contributed by atoms with Gasteiger partial charge in [-0.2, -0.15) is 0 Å². The van der Waals surface area contributed by atoms with E-state index in [1.807, 2.05) is 24.3 Å². The summed E-state index contributed by atoms with van der Waals surface area (Å²) in [7, 11) is 0. The summed E-state index contributed by atoms with van der Waals surface area (Å²) in [5.41, 5.74) is 7.16. The Morgan fingerprint density at radius 2 is 1.95 bits per heavy atom. The van der Waals surface area contributed by atoms with Crippen molar-refractivity contribution >= 4 is 33.8 Å². The summed E-state index contributed by atoms with van der Waals surface area (Å²) < 4.78 is 0.763. The van der Waals surface area contributed by atoms with Crippen LogP contribution >= 0.6 is 15.9 Å². The zero-order chi connectivity index (χ0) is 15.9. The van der Waals surface area contributed by atoms with E-state index in [-0.39, 0.29) is 0 Å². The van der Waals surface area contributed by atoms with Gasteiger partial charge in [0.15, 0.2) is 0 Å². The molecule has 1 aromatic heterocycles. The van der Waals surface area contributed by atoms with Gasteiger partial charge in [-0.25, -0.2) is 0 Å². The van der Waals surface area contributed by atoms with Crippen LogP contribution < -0.4 is 10.9 Å². The molecular weight excluding hydrogens is 346 g/mol. The Morgan fingerprint density at radius 3 is 2.55 bits per heavy atom. The highest BCUT2D eigenvalue weighted by Gasteiger charge is 2.07. The summed E-state index contributed by atoms with van der Waals surface area (Å²) in [5.74, 6) is -0.821. The van der Waals surface area contributed by atoms with Crippen molar-refractivity contribution in [2.45, 2.75) is 13.3 Å². The number of nitrogens with one attached hydrogen (secondary N) is 3. The number of halogens is 1. The van der Waals surface area contributed by atoms with Gasteiger partial charge in [-0.1, -0.05) is 31.2 Å². The molecule has 0 unspecified atom stereocenters. The van der Waals surface area contributed by atoms with Gasteiger partial charge in [0.2, 0.25) is 0 Å². The lowest BCUT2D eigenvalue weighted by Crippen LogP contribution is -2.40. The number of carbonyl (C=O) groups excluding carboxylic acids is 2. The van der Waals surface area contributed by atoms with Gasteiger partial charge in [0.05, 0.1) is 0 Å². The van der Waals surface area contributed by atoms with Crippen molar-refractivity contribution < 1.29 is 9.59 Å². The van der Waals surface area contributed by atoms with Crippen molar-refractivity contribution in [3.05, 3.63) is 63.9 Å². The quantitative estimate of drug-likeness (QED) is 0.578. The second kappa shape index (κ2) is 7.61. The third-order valence-electron chi connectivity index (χ3n) is 3.01. The molecule has 5 nitrogen and oxygen atoms in total. The van der Waals surface area contributed by atoms with E-state index in [0.717, 1.165) is 16.5 Å². The summed E-state index contributed by atoms with van der Waals surface area (Å²) in [5, 5.41) is 0. The van der Waals surface area contributed by atoms with E-state index in [9.17, 15) is 9.59 Å². The van der Waals surface area contributed by atoms with Crippen LogP contribution in [0, 0.1) is 0 Å². The lowest BCUT2D eigenvalue weighted by Gasteiger charge is -2.03. The molecule has 0 aliphatic carbocycles. The van der Waals surface area contributed by atoms with Gasteiger partial charge in [0.25, 0.3) is 11.8 Å². The summed E-state index contributed by atoms with van der Waals surface area (Å²) in [6.45, 7) is 2.09. The fourth-order valence-electron chi connectivity index (χ4n) is 1.76. The predicted octanol–water partition coefficient (Wildman–Crippen LogP) is 2.81. The Hall–Kier alpha value is -2.34. The van der Waals surface area contributed by atoms with Crippen LogP contribution in [0.4, 0.5) is 0 Å². The second-order valence-electron chi connectivity index (χ2n) is 4.60. The molecule has 0 bridgehead atoms. The van der Waals surface area contributed by atoms with E-state index in [0.29, 0.717) is 5.69 Å². The minimum absolute atomic E-state index is 0.353. The Balaban J connectivity index is 1.84. The number of aromatic amines is 1. The number of hydrazine groups is 1. The lowest BCUT2D eigenvalue weighted by atomic mass is 10.1. The first kappa shape index (κ1) is 16.0. The minimum Gasteiger partial charge on any atom is -0.356 e. The predicted molar refractivity (Wildman–Crippen MR) is 89.0 cm³/mol. The first-order valence-electron chi connectivity index (χ1n) is 6.79. The van der Waals surface area contributed by atoms with E-state index in [2.05, 4.69) is 38.7 Å². The Bertz CT molecular complexity index is 690. The van der Waals surface area contributed by atoms with Gasteiger partial charge in [0, 0.05) is 16.7 Å². The standard InChI is InChI=1S/C16H16BrN3O2/c1-2-11-3-5-12(6-4-11)7-8-15(21)19-20-16(22)14-9-13(17)10-18-14/h3-10,18H,2H2,1H3,(H,19,21)(H,20,22)/b8-7+. The zero-order valence-electron chi connectivity index (χ0n) is 12.0. The molecule has 2 amide bonds. The zero-order valence-corrected chi connectivity index (χ0v) is 13.6. The first-order chi connectivity index (χ1) is 10.6. The molecule has 1 aromatic carbocycles. The summed E-state index contributed by atoms with van der Waals surface area (Å²) in [6, 6.07) is 9.53. The fourth-order valence-corrected chi connectivity index (χ4v) is 2.11. The third kappa shape index (κ3) is 4.60. The molecule has 0 saturated heterocycles.